The van der Waals surface area contributed by atoms with Crippen molar-refractivity contribution in [3.05, 3.63) is 55.6 Å². The third-order valence-electron chi connectivity index (χ3n) is 2.29. The molecule has 16 heavy (non-hydrogen) atoms. The molecule has 0 aliphatic carbocycles. The second-order valence-electron chi connectivity index (χ2n) is 3.40. The number of hydrogen-bond acceptors (Lipinski definition) is 1. The van der Waals surface area contributed by atoms with Crippen LogP contribution in [0.15, 0.2) is 40.2 Å². The summed E-state index contributed by atoms with van der Waals surface area (Å²) < 4.78 is 1.07. The summed E-state index contributed by atoms with van der Waals surface area (Å²) in [6.07, 6.45) is 0.750. The Bertz CT molecular complexity index is 481. The van der Waals surface area contributed by atoms with Crippen molar-refractivity contribution in [2.75, 3.05) is 0 Å². The third-order valence-corrected chi connectivity index (χ3v) is 5.14. The number of rotatable bonds is 3. The van der Waals surface area contributed by atoms with Gasteiger partial charge in [-0.3, -0.25) is 0 Å². The van der Waals surface area contributed by atoms with Gasteiger partial charge in [0.05, 0.1) is 5.38 Å². The number of hydrogen-bond donors (Lipinski definition) is 0. The van der Waals surface area contributed by atoms with Gasteiger partial charge in [-0.2, -0.15) is 0 Å². The first-order valence-electron chi connectivity index (χ1n) is 4.79. The lowest BCUT2D eigenvalue weighted by atomic mass is 10.1. The van der Waals surface area contributed by atoms with Gasteiger partial charge in [0.2, 0.25) is 0 Å². The van der Waals surface area contributed by atoms with Gasteiger partial charge in [-0.25, -0.2) is 0 Å². The lowest BCUT2D eigenvalue weighted by Gasteiger charge is -2.09. The van der Waals surface area contributed by atoms with Crippen LogP contribution in [0.2, 0.25) is 5.02 Å². The van der Waals surface area contributed by atoms with E-state index in [1.165, 1.54) is 0 Å². The molecule has 0 amide bonds. The van der Waals surface area contributed by atoms with Crippen molar-refractivity contribution < 1.29 is 0 Å². The topological polar surface area (TPSA) is 0 Å². The van der Waals surface area contributed by atoms with E-state index in [9.17, 15) is 0 Å². The molecule has 84 valence electrons. The average Bonchev–Trinajstić information content (AvgIpc) is 2.68. The SMILES string of the molecule is Clc1ccccc1CC(Cl)c1sccc1Br. The normalized spacial score (nSPS) is 12.7. The molecule has 1 aromatic carbocycles. The Morgan fingerprint density at radius 1 is 1.25 bits per heavy atom. The van der Waals surface area contributed by atoms with E-state index in [0.29, 0.717) is 0 Å². The van der Waals surface area contributed by atoms with Gasteiger partial charge in [0.25, 0.3) is 0 Å². The molecule has 1 unspecified atom stereocenters. The summed E-state index contributed by atoms with van der Waals surface area (Å²) in [5, 5.41) is 2.77. The maximum absolute atomic E-state index is 6.38. The highest BCUT2D eigenvalue weighted by Crippen LogP contribution is 2.36. The van der Waals surface area contributed by atoms with Crippen LogP contribution in [-0.2, 0) is 6.42 Å². The molecular weight excluding hydrogens is 327 g/mol. The molecule has 2 aromatic rings. The number of halogens is 3. The van der Waals surface area contributed by atoms with Crippen molar-refractivity contribution in [1.29, 1.82) is 0 Å². The number of benzene rings is 1. The highest BCUT2D eigenvalue weighted by atomic mass is 79.9. The first kappa shape index (κ1) is 12.4. The molecule has 4 heteroatoms. The quantitative estimate of drug-likeness (QED) is 0.632. The van der Waals surface area contributed by atoms with E-state index in [-0.39, 0.29) is 5.38 Å². The summed E-state index contributed by atoms with van der Waals surface area (Å²) >= 11 is 17.6. The summed E-state index contributed by atoms with van der Waals surface area (Å²) in [5.41, 5.74) is 1.09. The van der Waals surface area contributed by atoms with Crippen LogP contribution in [0.5, 0.6) is 0 Å². The Hall–Kier alpha value is -0.0200. The van der Waals surface area contributed by atoms with Crippen LogP contribution in [0.3, 0.4) is 0 Å². The molecule has 0 aliphatic heterocycles. The third kappa shape index (κ3) is 2.80. The maximum Gasteiger partial charge on any atom is 0.0730 e. The van der Waals surface area contributed by atoms with Gasteiger partial charge in [0.15, 0.2) is 0 Å². The van der Waals surface area contributed by atoms with Crippen LogP contribution in [0.4, 0.5) is 0 Å². The van der Waals surface area contributed by atoms with Gasteiger partial charge in [-0.15, -0.1) is 22.9 Å². The zero-order valence-corrected chi connectivity index (χ0v) is 12.2. The minimum absolute atomic E-state index is 0.0331. The van der Waals surface area contributed by atoms with E-state index >= 15 is 0 Å². The molecule has 1 heterocycles. The minimum Gasteiger partial charge on any atom is -0.146 e. The lowest BCUT2D eigenvalue weighted by Crippen LogP contribution is -1.94. The summed E-state index contributed by atoms with van der Waals surface area (Å²) in [7, 11) is 0. The molecule has 0 radical (unpaired) electrons. The van der Waals surface area contributed by atoms with Gasteiger partial charge < -0.3 is 0 Å². The van der Waals surface area contributed by atoms with Crippen LogP contribution in [-0.4, -0.2) is 0 Å². The van der Waals surface area contributed by atoms with Gasteiger partial charge in [-0.05, 0) is 45.4 Å². The summed E-state index contributed by atoms with van der Waals surface area (Å²) in [5.74, 6) is 0. The maximum atomic E-state index is 6.38. The number of alkyl halides is 1. The summed E-state index contributed by atoms with van der Waals surface area (Å²) in [6.45, 7) is 0. The highest BCUT2D eigenvalue weighted by molar-refractivity contribution is 9.10. The Balaban J connectivity index is 2.17. The Morgan fingerprint density at radius 2 is 2.00 bits per heavy atom. The first-order valence-corrected chi connectivity index (χ1v) is 7.27. The molecule has 0 bridgehead atoms. The molecule has 0 saturated heterocycles. The van der Waals surface area contributed by atoms with Crippen molar-refractivity contribution in [2.45, 2.75) is 11.8 Å². The Labute approximate surface area is 117 Å². The molecule has 2 rings (SSSR count). The van der Waals surface area contributed by atoms with Crippen LogP contribution < -0.4 is 0 Å². The molecule has 0 nitrogen and oxygen atoms in total. The van der Waals surface area contributed by atoms with E-state index in [2.05, 4.69) is 15.9 Å². The fourth-order valence-electron chi connectivity index (χ4n) is 1.48. The first-order chi connectivity index (χ1) is 7.68. The predicted octanol–water partition coefficient (Wildman–Crippen LogP) is 5.69. The standard InChI is InChI=1S/C12H9BrCl2S/c13-9-5-6-16-12(9)11(15)7-8-3-1-2-4-10(8)14/h1-6,11H,7H2. The zero-order chi connectivity index (χ0) is 11.5. The van der Waals surface area contributed by atoms with Gasteiger partial charge >= 0.3 is 0 Å². The van der Waals surface area contributed by atoms with Gasteiger partial charge in [0.1, 0.15) is 0 Å². The van der Waals surface area contributed by atoms with E-state index in [1.807, 2.05) is 35.7 Å². The van der Waals surface area contributed by atoms with Crippen molar-refractivity contribution in [1.82, 2.24) is 0 Å². The van der Waals surface area contributed by atoms with Gasteiger partial charge in [-0.1, -0.05) is 29.8 Å². The minimum atomic E-state index is -0.0331. The number of thiophene rings is 1. The van der Waals surface area contributed by atoms with Crippen molar-refractivity contribution in [2.24, 2.45) is 0 Å². The van der Waals surface area contributed by atoms with Crippen molar-refractivity contribution in [3.8, 4) is 0 Å². The molecule has 0 spiro atoms. The fourth-order valence-corrected chi connectivity index (χ4v) is 3.89. The van der Waals surface area contributed by atoms with Crippen molar-refractivity contribution >= 4 is 50.5 Å². The van der Waals surface area contributed by atoms with Crippen LogP contribution in [0, 0.1) is 0 Å². The zero-order valence-electron chi connectivity index (χ0n) is 8.29. The fraction of sp³-hybridized carbons (Fsp3) is 0.167. The molecular formula is C12H9BrCl2S. The second-order valence-corrected chi connectivity index (χ2v) is 6.13. The highest BCUT2D eigenvalue weighted by Gasteiger charge is 2.14. The lowest BCUT2D eigenvalue weighted by molar-refractivity contribution is 0.936. The molecule has 0 fully saturated rings. The van der Waals surface area contributed by atoms with E-state index in [0.717, 1.165) is 26.4 Å². The van der Waals surface area contributed by atoms with Gasteiger partial charge in [0, 0.05) is 14.4 Å². The molecule has 0 N–H and O–H groups in total. The summed E-state index contributed by atoms with van der Waals surface area (Å²) in [6, 6.07) is 9.83. The van der Waals surface area contributed by atoms with Crippen LogP contribution in [0.1, 0.15) is 15.8 Å². The molecule has 1 atom stereocenters. The van der Waals surface area contributed by atoms with E-state index in [1.54, 1.807) is 11.3 Å². The Kier molecular flexibility index (Phi) is 4.31. The van der Waals surface area contributed by atoms with Crippen LogP contribution >= 0.6 is 50.5 Å². The molecule has 0 aliphatic rings. The monoisotopic (exact) mass is 334 g/mol. The largest absolute Gasteiger partial charge is 0.146 e. The van der Waals surface area contributed by atoms with Crippen molar-refractivity contribution in [3.63, 3.8) is 0 Å². The van der Waals surface area contributed by atoms with E-state index < -0.39 is 0 Å². The molecule has 1 aromatic heterocycles. The molecule has 0 saturated carbocycles. The predicted molar refractivity (Wildman–Crippen MR) is 75.8 cm³/mol. The smallest absolute Gasteiger partial charge is 0.0730 e. The summed E-state index contributed by atoms with van der Waals surface area (Å²) in [4.78, 5) is 1.15. The average molecular weight is 336 g/mol. The second kappa shape index (κ2) is 5.54. The van der Waals surface area contributed by atoms with E-state index in [4.69, 9.17) is 23.2 Å². The Morgan fingerprint density at radius 3 is 2.62 bits per heavy atom. The van der Waals surface area contributed by atoms with Crippen LogP contribution in [0.25, 0.3) is 0 Å².